The van der Waals surface area contributed by atoms with Gasteiger partial charge in [-0.05, 0) is 26.2 Å². The molecule has 0 aromatic carbocycles. The van der Waals surface area contributed by atoms with Gasteiger partial charge in [-0.15, -0.1) is 0 Å². The Labute approximate surface area is 118 Å². The molecule has 0 heterocycles. The molecule has 2 amide bonds. The Bertz CT molecular complexity index is 377. The van der Waals surface area contributed by atoms with E-state index in [-0.39, 0.29) is 18.4 Å². The van der Waals surface area contributed by atoms with Crippen LogP contribution in [0.15, 0.2) is 0 Å². The summed E-state index contributed by atoms with van der Waals surface area (Å²) in [6, 6.07) is -1.61. The summed E-state index contributed by atoms with van der Waals surface area (Å²) in [7, 11) is 1.24. The van der Waals surface area contributed by atoms with Crippen LogP contribution >= 0.6 is 0 Å². The Morgan fingerprint density at radius 1 is 1.30 bits per heavy atom. The molecule has 0 radical (unpaired) electrons. The third kappa shape index (κ3) is 5.07. The van der Waals surface area contributed by atoms with E-state index in [0.717, 1.165) is 25.7 Å². The van der Waals surface area contributed by atoms with Crippen molar-refractivity contribution in [1.82, 2.24) is 10.6 Å². The maximum atomic E-state index is 11.8. The molecule has 114 valence electrons. The van der Waals surface area contributed by atoms with Crippen LogP contribution in [0.1, 0.15) is 45.4 Å². The highest BCUT2D eigenvalue weighted by atomic mass is 16.5. The SMILES string of the molecule is COC(=O)CC[C@@H](NC(=O)NC1(C)CCCC1)C(=O)O. The van der Waals surface area contributed by atoms with Gasteiger partial charge in [0.2, 0.25) is 0 Å². The number of rotatable bonds is 6. The quantitative estimate of drug-likeness (QED) is 0.632. The fourth-order valence-corrected chi connectivity index (χ4v) is 2.37. The second-order valence-corrected chi connectivity index (χ2v) is 5.37. The Balaban J connectivity index is 2.46. The fraction of sp³-hybridized carbons (Fsp3) is 0.769. The van der Waals surface area contributed by atoms with E-state index in [1.807, 2.05) is 6.92 Å². The summed E-state index contributed by atoms with van der Waals surface area (Å²) in [5.41, 5.74) is -0.268. The maximum absolute atomic E-state index is 11.8. The molecule has 3 N–H and O–H groups in total. The number of hydrogen-bond acceptors (Lipinski definition) is 4. The summed E-state index contributed by atoms with van der Waals surface area (Å²) >= 11 is 0. The van der Waals surface area contributed by atoms with Crippen LogP contribution in [0.3, 0.4) is 0 Å². The van der Waals surface area contributed by atoms with E-state index in [9.17, 15) is 14.4 Å². The van der Waals surface area contributed by atoms with E-state index in [2.05, 4.69) is 15.4 Å². The highest BCUT2D eigenvalue weighted by Gasteiger charge is 2.31. The average molecular weight is 286 g/mol. The summed E-state index contributed by atoms with van der Waals surface area (Å²) in [6.07, 6.45) is 3.85. The zero-order valence-electron chi connectivity index (χ0n) is 11.9. The second-order valence-electron chi connectivity index (χ2n) is 5.37. The van der Waals surface area contributed by atoms with Gasteiger partial charge in [0.05, 0.1) is 7.11 Å². The van der Waals surface area contributed by atoms with Gasteiger partial charge in [-0.25, -0.2) is 9.59 Å². The summed E-state index contributed by atoms with van der Waals surface area (Å²) in [5.74, 6) is -1.66. The molecular weight excluding hydrogens is 264 g/mol. The molecule has 0 aromatic heterocycles. The van der Waals surface area contributed by atoms with Crippen LogP contribution in [-0.4, -0.2) is 41.8 Å². The molecule has 1 saturated carbocycles. The molecule has 7 nitrogen and oxygen atoms in total. The van der Waals surface area contributed by atoms with Crippen LogP contribution < -0.4 is 10.6 Å². The molecule has 1 aliphatic rings. The number of urea groups is 1. The number of esters is 1. The van der Waals surface area contributed by atoms with Crippen molar-refractivity contribution in [2.45, 2.75) is 57.0 Å². The fourth-order valence-electron chi connectivity index (χ4n) is 2.37. The van der Waals surface area contributed by atoms with E-state index in [4.69, 9.17) is 5.11 Å². The number of aliphatic carboxylic acids is 1. The average Bonchev–Trinajstić information content (AvgIpc) is 2.79. The van der Waals surface area contributed by atoms with Gasteiger partial charge in [-0.2, -0.15) is 0 Å². The number of ether oxygens (including phenoxy) is 1. The van der Waals surface area contributed by atoms with E-state index in [1.54, 1.807) is 0 Å². The zero-order valence-corrected chi connectivity index (χ0v) is 11.9. The van der Waals surface area contributed by atoms with Crippen molar-refractivity contribution in [2.24, 2.45) is 0 Å². The number of carbonyl (C=O) groups excluding carboxylic acids is 2. The molecule has 1 fully saturated rings. The molecule has 0 aliphatic heterocycles. The number of hydrogen-bond donors (Lipinski definition) is 3. The van der Waals surface area contributed by atoms with Crippen molar-refractivity contribution in [3.63, 3.8) is 0 Å². The van der Waals surface area contributed by atoms with Crippen LogP contribution in [0.5, 0.6) is 0 Å². The minimum Gasteiger partial charge on any atom is -0.480 e. The third-order valence-electron chi connectivity index (χ3n) is 3.59. The second kappa shape index (κ2) is 7.12. The first-order chi connectivity index (χ1) is 9.36. The zero-order chi connectivity index (χ0) is 15.2. The van der Waals surface area contributed by atoms with E-state index in [1.165, 1.54) is 7.11 Å². The van der Waals surface area contributed by atoms with Crippen molar-refractivity contribution in [3.05, 3.63) is 0 Å². The highest BCUT2D eigenvalue weighted by Crippen LogP contribution is 2.28. The molecular formula is C13H22N2O5. The molecule has 0 unspecified atom stereocenters. The van der Waals surface area contributed by atoms with Crippen molar-refractivity contribution in [1.29, 1.82) is 0 Å². The number of nitrogens with one attached hydrogen (secondary N) is 2. The van der Waals surface area contributed by atoms with Crippen LogP contribution in [-0.2, 0) is 14.3 Å². The molecule has 7 heteroatoms. The molecule has 1 aliphatic carbocycles. The smallest absolute Gasteiger partial charge is 0.326 e. The van der Waals surface area contributed by atoms with Gasteiger partial charge < -0.3 is 20.5 Å². The molecule has 0 spiro atoms. The predicted octanol–water partition coefficient (Wildman–Crippen LogP) is 1.02. The molecule has 1 rings (SSSR count). The van der Waals surface area contributed by atoms with Crippen LogP contribution in [0, 0.1) is 0 Å². The number of methoxy groups -OCH3 is 1. The largest absolute Gasteiger partial charge is 0.480 e. The number of amides is 2. The Morgan fingerprint density at radius 2 is 1.90 bits per heavy atom. The van der Waals surface area contributed by atoms with Gasteiger partial charge in [-0.1, -0.05) is 12.8 Å². The van der Waals surface area contributed by atoms with Crippen LogP contribution in [0.4, 0.5) is 4.79 Å². The van der Waals surface area contributed by atoms with Gasteiger partial charge in [0.25, 0.3) is 0 Å². The van der Waals surface area contributed by atoms with Crippen molar-refractivity contribution >= 4 is 18.0 Å². The maximum Gasteiger partial charge on any atom is 0.326 e. The number of carboxylic acids is 1. The van der Waals surface area contributed by atoms with Gasteiger partial charge >= 0.3 is 18.0 Å². The summed E-state index contributed by atoms with van der Waals surface area (Å²) < 4.78 is 4.45. The molecule has 1 atom stereocenters. The summed E-state index contributed by atoms with van der Waals surface area (Å²) in [4.78, 5) is 33.9. The monoisotopic (exact) mass is 286 g/mol. The minimum atomic E-state index is -1.17. The summed E-state index contributed by atoms with van der Waals surface area (Å²) in [5, 5.41) is 14.2. The first-order valence-corrected chi connectivity index (χ1v) is 6.74. The Morgan fingerprint density at radius 3 is 2.40 bits per heavy atom. The van der Waals surface area contributed by atoms with Gasteiger partial charge in [0, 0.05) is 12.0 Å². The van der Waals surface area contributed by atoms with E-state index < -0.39 is 24.0 Å². The van der Waals surface area contributed by atoms with Crippen LogP contribution in [0.2, 0.25) is 0 Å². The van der Waals surface area contributed by atoms with E-state index >= 15 is 0 Å². The normalized spacial score (nSPS) is 18.1. The predicted molar refractivity (Wildman–Crippen MR) is 71.2 cm³/mol. The van der Waals surface area contributed by atoms with Gasteiger partial charge in [-0.3, -0.25) is 4.79 Å². The van der Waals surface area contributed by atoms with Gasteiger partial charge in [0.1, 0.15) is 6.04 Å². The van der Waals surface area contributed by atoms with Crippen LogP contribution in [0.25, 0.3) is 0 Å². The Hall–Kier alpha value is -1.79. The highest BCUT2D eigenvalue weighted by molar-refractivity contribution is 5.83. The third-order valence-corrected chi connectivity index (χ3v) is 3.59. The molecule has 20 heavy (non-hydrogen) atoms. The first kappa shape index (κ1) is 16.3. The van der Waals surface area contributed by atoms with E-state index in [0.29, 0.717) is 0 Å². The van der Waals surface area contributed by atoms with Crippen molar-refractivity contribution in [3.8, 4) is 0 Å². The lowest BCUT2D eigenvalue weighted by molar-refractivity contribution is -0.142. The molecule has 0 bridgehead atoms. The molecule has 0 aromatic rings. The lowest BCUT2D eigenvalue weighted by Gasteiger charge is -2.26. The lowest BCUT2D eigenvalue weighted by atomic mass is 10.0. The lowest BCUT2D eigenvalue weighted by Crippen LogP contribution is -2.53. The summed E-state index contributed by atoms with van der Waals surface area (Å²) in [6.45, 7) is 1.95. The Kier molecular flexibility index (Phi) is 5.79. The van der Waals surface area contributed by atoms with Gasteiger partial charge in [0.15, 0.2) is 0 Å². The number of carboxylic acid groups (broad SMARTS) is 1. The first-order valence-electron chi connectivity index (χ1n) is 6.74. The topological polar surface area (TPSA) is 105 Å². The standard InChI is InChI=1S/C13H22N2O5/c1-13(7-3-4-8-13)15-12(19)14-9(11(17)18)5-6-10(16)20-2/h9H,3-8H2,1-2H3,(H,17,18)(H2,14,15,19)/t9-/m1/s1. The molecule has 0 saturated heterocycles. The minimum absolute atomic E-state index is 0.00609. The van der Waals surface area contributed by atoms with Crippen molar-refractivity contribution in [2.75, 3.05) is 7.11 Å². The van der Waals surface area contributed by atoms with Crippen molar-refractivity contribution < 1.29 is 24.2 Å². The number of carbonyl (C=O) groups is 3.